The lowest BCUT2D eigenvalue weighted by atomic mass is 10.1. The van der Waals surface area contributed by atoms with Crippen LogP contribution >= 0.6 is 0 Å². The van der Waals surface area contributed by atoms with Crippen LogP contribution in [0.2, 0.25) is 0 Å². The molecule has 1 aliphatic heterocycles. The summed E-state index contributed by atoms with van der Waals surface area (Å²) in [5.74, 6) is 0. The second-order valence-electron chi connectivity index (χ2n) is 5.55. The maximum atomic E-state index is 5.55. The van der Waals surface area contributed by atoms with Crippen LogP contribution in [0, 0.1) is 0 Å². The standard InChI is InChI=1S/C16H22N4O/c1-19-17-11-15(18-19)12-20(16-8-10-21-13-16)9-7-14-5-3-2-4-6-14/h2-6,11,16H,7-10,12-13H2,1H3. The largest absolute Gasteiger partial charge is 0.380 e. The molecule has 1 saturated heterocycles. The van der Waals surface area contributed by atoms with Gasteiger partial charge in [0.2, 0.25) is 0 Å². The predicted octanol–water partition coefficient (Wildman–Crippen LogP) is 1.65. The third-order valence-electron chi connectivity index (χ3n) is 3.96. The van der Waals surface area contributed by atoms with Gasteiger partial charge in [-0.1, -0.05) is 30.3 Å². The van der Waals surface area contributed by atoms with Crippen LogP contribution in [0.3, 0.4) is 0 Å². The lowest BCUT2D eigenvalue weighted by Gasteiger charge is -2.26. The van der Waals surface area contributed by atoms with E-state index in [4.69, 9.17) is 4.74 Å². The molecule has 0 radical (unpaired) electrons. The van der Waals surface area contributed by atoms with Crippen LogP contribution in [0.25, 0.3) is 0 Å². The predicted molar refractivity (Wildman–Crippen MR) is 80.8 cm³/mol. The van der Waals surface area contributed by atoms with E-state index in [0.717, 1.165) is 44.8 Å². The molecule has 0 N–H and O–H groups in total. The summed E-state index contributed by atoms with van der Waals surface area (Å²) in [6, 6.07) is 11.1. The minimum atomic E-state index is 0.496. The molecule has 0 amide bonds. The molecule has 1 fully saturated rings. The molecule has 0 saturated carbocycles. The Morgan fingerprint density at radius 3 is 2.86 bits per heavy atom. The number of rotatable bonds is 6. The van der Waals surface area contributed by atoms with Gasteiger partial charge in [-0.2, -0.15) is 15.0 Å². The number of hydrogen-bond acceptors (Lipinski definition) is 4. The molecular weight excluding hydrogens is 264 g/mol. The smallest absolute Gasteiger partial charge is 0.0967 e. The van der Waals surface area contributed by atoms with Gasteiger partial charge in [-0.05, 0) is 18.4 Å². The maximum absolute atomic E-state index is 5.55. The fourth-order valence-electron chi connectivity index (χ4n) is 2.79. The molecule has 0 spiro atoms. The zero-order chi connectivity index (χ0) is 14.5. The van der Waals surface area contributed by atoms with Crippen LogP contribution in [0.1, 0.15) is 17.7 Å². The molecule has 1 atom stereocenters. The van der Waals surface area contributed by atoms with E-state index in [2.05, 4.69) is 45.4 Å². The van der Waals surface area contributed by atoms with Gasteiger partial charge in [0, 0.05) is 32.8 Å². The Morgan fingerprint density at radius 1 is 1.33 bits per heavy atom. The molecular formula is C16H22N4O. The van der Waals surface area contributed by atoms with Crippen LogP contribution in [-0.4, -0.2) is 45.7 Å². The summed E-state index contributed by atoms with van der Waals surface area (Å²) >= 11 is 0. The maximum Gasteiger partial charge on any atom is 0.0967 e. The van der Waals surface area contributed by atoms with Gasteiger partial charge in [0.1, 0.15) is 0 Å². The van der Waals surface area contributed by atoms with Crippen molar-refractivity contribution in [3.05, 3.63) is 47.8 Å². The first kappa shape index (κ1) is 14.2. The molecule has 1 unspecified atom stereocenters. The van der Waals surface area contributed by atoms with Crippen LogP contribution in [0.15, 0.2) is 36.5 Å². The van der Waals surface area contributed by atoms with Gasteiger partial charge in [-0.3, -0.25) is 4.90 Å². The first-order valence-corrected chi connectivity index (χ1v) is 7.52. The highest BCUT2D eigenvalue weighted by Crippen LogP contribution is 2.16. The van der Waals surface area contributed by atoms with Gasteiger partial charge in [0.25, 0.3) is 0 Å². The van der Waals surface area contributed by atoms with E-state index < -0.39 is 0 Å². The second-order valence-corrected chi connectivity index (χ2v) is 5.55. The highest BCUT2D eigenvalue weighted by atomic mass is 16.5. The Morgan fingerprint density at radius 2 is 2.19 bits per heavy atom. The number of benzene rings is 1. The van der Waals surface area contributed by atoms with Crippen molar-refractivity contribution in [1.29, 1.82) is 0 Å². The van der Waals surface area contributed by atoms with Gasteiger partial charge in [0.15, 0.2) is 0 Å². The normalized spacial score (nSPS) is 18.5. The number of ether oxygens (including phenoxy) is 1. The Labute approximate surface area is 125 Å². The topological polar surface area (TPSA) is 43.2 Å². The third-order valence-corrected chi connectivity index (χ3v) is 3.96. The average Bonchev–Trinajstić information content (AvgIpc) is 3.16. The van der Waals surface area contributed by atoms with E-state index in [-0.39, 0.29) is 0 Å². The van der Waals surface area contributed by atoms with Crippen LogP contribution in [0.5, 0.6) is 0 Å². The average molecular weight is 286 g/mol. The van der Waals surface area contributed by atoms with Crippen molar-refractivity contribution >= 4 is 0 Å². The summed E-state index contributed by atoms with van der Waals surface area (Å²) < 4.78 is 5.55. The quantitative estimate of drug-likeness (QED) is 0.810. The van der Waals surface area contributed by atoms with Crippen molar-refractivity contribution in [3.63, 3.8) is 0 Å². The fraction of sp³-hybridized carbons (Fsp3) is 0.500. The summed E-state index contributed by atoms with van der Waals surface area (Å²) in [4.78, 5) is 4.10. The molecule has 21 heavy (non-hydrogen) atoms. The van der Waals surface area contributed by atoms with Gasteiger partial charge < -0.3 is 4.74 Å². The summed E-state index contributed by atoms with van der Waals surface area (Å²) in [5, 5.41) is 8.56. The Hall–Kier alpha value is -1.72. The van der Waals surface area contributed by atoms with Crippen LogP contribution in [-0.2, 0) is 24.8 Å². The van der Waals surface area contributed by atoms with E-state index >= 15 is 0 Å². The molecule has 1 aliphatic rings. The van der Waals surface area contributed by atoms with Gasteiger partial charge in [-0.15, -0.1) is 0 Å². The summed E-state index contributed by atoms with van der Waals surface area (Å²) in [7, 11) is 1.86. The van der Waals surface area contributed by atoms with E-state index in [9.17, 15) is 0 Å². The summed E-state index contributed by atoms with van der Waals surface area (Å²) in [5.41, 5.74) is 2.40. The van der Waals surface area contributed by atoms with Gasteiger partial charge >= 0.3 is 0 Å². The molecule has 112 valence electrons. The second kappa shape index (κ2) is 6.83. The van der Waals surface area contributed by atoms with Crippen molar-refractivity contribution in [2.75, 3.05) is 19.8 Å². The Kier molecular flexibility index (Phi) is 4.62. The molecule has 5 heteroatoms. The number of hydrogen-bond donors (Lipinski definition) is 0. The molecule has 5 nitrogen and oxygen atoms in total. The van der Waals surface area contributed by atoms with E-state index in [0.29, 0.717) is 6.04 Å². The highest BCUT2D eigenvalue weighted by Gasteiger charge is 2.23. The van der Waals surface area contributed by atoms with Crippen molar-refractivity contribution in [2.45, 2.75) is 25.4 Å². The van der Waals surface area contributed by atoms with Gasteiger partial charge in [-0.25, -0.2) is 0 Å². The third kappa shape index (κ3) is 3.89. The van der Waals surface area contributed by atoms with Crippen molar-refractivity contribution in [3.8, 4) is 0 Å². The Bertz CT molecular complexity index is 548. The van der Waals surface area contributed by atoms with Gasteiger partial charge in [0.05, 0.1) is 18.5 Å². The van der Waals surface area contributed by atoms with Crippen LogP contribution in [0.4, 0.5) is 0 Å². The van der Waals surface area contributed by atoms with E-state index in [1.165, 1.54) is 5.56 Å². The number of nitrogens with zero attached hydrogens (tertiary/aromatic N) is 4. The number of aromatic nitrogens is 3. The van der Waals surface area contributed by atoms with Crippen molar-refractivity contribution in [2.24, 2.45) is 7.05 Å². The monoisotopic (exact) mass is 286 g/mol. The zero-order valence-electron chi connectivity index (χ0n) is 12.5. The minimum absolute atomic E-state index is 0.496. The minimum Gasteiger partial charge on any atom is -0.380 e. The molecule has 3 rings (SSSR count). The molecule has 2 aromatic rings. The lowest BCUT2D eigenvalue weighted by molar-refractivity contribution is 0.138. The van der Waals surface area contributed by atoms with Crippen molar-refractivity contribution < 1.29 is 4.74 Å². The molecule has 2 heterocycles. The van der Waals surface area contributed by atoms with Crippen LogP contribution < -0.4 is 0 Å². The van der Waals surface area contributed by atoms with Crippen molar-refractivity contribution in [1.82, 2.24) is 19.9 Å². The molecule has 1 aromatic carbocycles. The molecule has 0 bridgehead atoms. The Balaban J connectivity index is 1.64. The zero-order valence-corrected chi connectivity index (χ0v) is 12.5. The van der Waals surface area contributed by atoms with E-state index in [1.54, 1.807) is 4.80 Å². The SMILES string of the molecule is Cn1ncc(CN(CCc2ccccc2)C2CCOC2)n1. The summed E-state index contributed by atoms with van der Waals surface area (Å²) in [6.07, 6.45) is 4.01. The first-order valence-electron chi connectivity index (χ1n) is 7.52. The summed E-state index contributed by atoms with van der Waals surface area (Å²) in [6.45, 7) is 3.56. The fourth-order valence-corrected chi connectivity index (χ4v) is 2.79. The number of aryl methyl sites for hydroxylation is 1. The molecule has 1 aromatic heterocycles. The molecule has 0 aliphatic carbocycles. The highest BCUT2D eigenvalue weighted by molar-refractivity contribution is 5.15. The first-order chi connectivity index (χ1) is 10.3. The lowest BCUT2D eigenvalue weighted by Crippen LogP contribution is -2.36. The van der Waals surface area contributed by atoms with E-state index in [1.807, 2.05) is 13.2 Å².